The molecule has 0 aliphatic heterocycles. The second-order valence-electron chi connectivity index (χ2n) is 6.30. The van der Waals surface area contributed by atoms with Crippen LogP contribution in [0.15, 0.2) is 35.7 Å². The molecule has 0 N–H and O–H groups in total. The summed E-state index contributed by atoms with van der Waals surface area (Å²) in [6, 6.07) is 2.51. The molecule has 92 valence electrons. The lowest BCUT2D eigenvalue weighted by atomic mass is 10.2. The van der Waals surface area contributed by atoms with Gasteiger partial charge in [-0.3, -0.25) is 0 Å². The van der Waals surface area contributed by atoms with Gasteiger partial charge in [-0.2, -0.15) is 0 Å². The molecule has 0 aliphatic rings. The highest BCUT2D eigenvalue weighted by molar-refractivity contribution is 6.83. The van der Waals surface area contributed by atoms with Crippen molar-refractivity contribution in [3.8, 4) is 0 Å². The molecular formula is C14H28Si2. The van der Waals surface area contributed by atoms with Crippen LogP contribution in [0, 0.1) is 0 Å². The van der Waals surface area contributed by atoms with Gasteiger partial charge in [0.2, 0.25) is 0 Å². The molecule has 0 rings (SSSR count). The molecule has 0 aromatic heterocycles. The number of hydrogen-bond acceptors (Lipinski definition) is 0. The number of hydrogen-bond donors (Lipinski definition) is 0. The summed E-state index contributed by atoms with van der Waals surface area (Å²) in [5, 5.41) is 0. The lowest BCUT2D eigenvalue weighted by molar-refractivity contribution is 1.18. The van der Waals surface area contributed by atoms with Crippen molar-refractivity contribution in [1.82, 2.24) is 0 Å². The van der Waals surface area contributed by atoms with E-state index in [9.17, 15) is 0 Å². The highest BCUT2D eigenvalue weighted by Crippen LogP contribution is 2.25. The van der Waals surface area contributed by atoms with Crippen molar-refractivity contribution in [3.05, 3.63) is 35.7 Å². The van der Waals surface area contributed by atoms with Crippen LogP contribution in [-0.4, -0.2) is 16.1 Å². The van der Waals surface area contributed by atoms with Crippen LogP contribution in [0.5, 0.6) is 0 Å². The molecule has 0 spiro atoms. The molecule has 0 aromatic carbocycles. The SMILES string of the molecule is C=C[Si](C)(C)CC(C)=C(C)C[Si](C)(C)C=C. The Morgan fingerprint density at radius 3 is 1.25 bits per heavy atom. The zero-order chi connectivity index (χ0) is 13.0. The van der Waals surface area contributed by atoms with E-state index in [1.165, 1.54) is 12.1 Å². The molecule has 0 saturated heterocycles. The average molecular weight is 253 g/mol. The van der Waals surface area contributed by atoms with Crippen LogP contribution in [0.1, 0.15) is 13.8 Å². The van der Waals surface area contributed by atoms with Gasteiger partial charge >= 0.3 is 0 Å². The fourth-order valence-electron chi connectivity index (χ4n) is 1.81. The van der Waals surface area contributed by atoms with Gasteiger partial charge < -0.3 is 0 Å². The molecule has 0 heterocycles. The molecule has 0 saturated carbocycles. The molecule has 0 amide bonds. The van der Waals surface area contributed by atoms with Crippen LogP contribution >= 0.6 is 0 Å². The normalized spacial score (nSPS) is 14.4. The minimum absolute atomic E-state index is 1.19. The maximum Gasteiger partial charge on any atom is 0.0749 e. The van der Waals surface area contributed by atoms with E-state index in [-0.39, 0.29) is 0 Å². The first-order chi connectivity index (χ1) is 7.13. The molecule has 0 radical (unpaired) electrons. The van der Waals surface area contributed by atoms with Crippen molar-refractivity contribution in [2.75, 3.05) is 0 Å². The lowest BCUT2D eigenvalue weighted by Crippen LogP contribution is -2.24. The van der Waals surface area contributed by atoms with Crippen molar-refractivity contribution in [2.24, 2.45) is 0 Å². The Balaban J connectivity index is 4.72. The minimum Gasteiger partial charge on any atom is -0.107 e. The maximum absolute atomic E-state index is 3.97. The monoisotopic (exact) mass is 252 g/mol. The third-order valence-electron chi connectivity index (χ3n) is 3.28. The van der Waals surface area contributed by atoms with E-state index >= 15 is 0 Å². The summed E-state index contributed by atoms with van der Waals surface area (Å²) in [6.07, 6.45) is 0. The van der Waals surface area contributed by atoms with E-state index in [1.807, 2.05) is 0 Å². The quantitative estimate of drug-likeness (QED) is 0.451. The summed E-state index contributed by atoms with van der Waals surface area (Å²) in [5.41, 5.74) is 7.55. The zero-order valence-corrected chi connectivity index (χ0v) is 14.0. The predicted molar refractivity (Wildman–Crippen MR) is 83.3 cm³/mol. The molecule has 0 bridgehead atoms. The van der Waals surface area contributed by atoms with E-state index in [2.05, 4.69) is 64.6 Å². The summed E-state index contributed by atoms with van der Waals surface area (Å²) < 4.78 is 0. The molecule has 0 fully saturated rings. The van der Waals surface area contributed by atoms with Crippen molar-refractivity contribution < 1.29 is 0 Å². The topological polar surface area (TPSA) is 0 Å². The molecule has 0 aromatic rings. The van der Waals surface area contributed by atoms with Crippen LogP contribution in [-0.2, 0) is 0 Å². The molecular weight excluding hydrogens is 224 g/mol. The van der Waals surface area contributed by atoms with Gasteiger partial charge in [-0.25, -0.2) is 0 Å². The average Bonchev–Trinajstić information content (AvgIpc) is 2.16. The fraction of sp³-hybridized carbons (Fsp3) is 0.571. The highest BCUT2D eigenvalue weighted by atomic mass is 28.3. The Hall–Kier alpha value is -0.346. The van der Waals surface area contributed by atoms with Crippen molar-refractivity contribution >= 4 is 16.1 Å². The van der Waals surface area contributed by atoms with Gasteiger partial charge in [0.1, 0.15) is 0 Å². The Bertz CT molecular complexity index is 266. The largest absolute Gasteiger partial charge is 0.107 e. The first-order valence-electron chi connectivity index (χ1n) is 6.06. The summed E-state index contributed by atoms with van der Waals surface area (Å²) in [5.74, 6) is 0. The third-order valence-corrected chi connectivity index (χ3v) is 8.37. The van der Waals surface area contributed by atoms with E-state index in [4.69, 9.17) is 0 Å². The van der Waals surface area contributed by atoms with Crippen LogP contribution in [0.25, 0.3) is 0 Å². The molecule has 0 unspecified atom stereocenters. The van der Waals surface area contributed by atoms with E-state index in [0.717, 1.165) is 0 Å². The second-order valence-corrected chi connectivity index (χ2v) is 15.8. The van der Waals surface area contributed by atoms with E-state index < -0.39 is 16.1 Å². The summed E-state index contributed by atoms with van der Waals surface area (Å²) >= 11 is 0. The summed E-state index contributed by atoms with van der Waals surface area (Å²) in [4.78, 5) is 0. The second kappa shape index (κ2) is 5.83. The number of allylic oxidation sites excluding steroid dienone is 2. The van der Waals surface area contributed by atoms with Gasteiger partial charge in [-0.05, 0) is 25.9 Å². The summed E-state index contributed by atoms with van der Waals surface area (Å²) in [7, 11) is -2.39. The molecule has 0 nitrogen and oxygen atoms in total. The van der Waals surface area contributed by atoms with Gasteiger partial charge in [0.05, 0.1) is 16.1 Å². The molecule has 16 heavy (non-hydrogen) atoms. The number of rotatable bonds is 6. The zero-order valence-electron chi connectivity index (χ0n) is 12.0. The predicted octanol–water partition coefficient (Wildman–Crippen LogP) is 5.19. The van der Waals surface area contributed by atoms with Crippen molar-refractivity contribution in [1.29, 1.82) is 0 Å². The Kier molecular flexibility index (Phi) is 5.70. The molecule has 2 heteroatoms. The Labute approximate surface area is 104 Å². The van der Waals surface area contributed by atoms with Crippen LogP contribution in [0.4, 0.5) is 0 Å². The van der Waals surface area contributed by atoms with Crippen molar-refractivity contribution in [3.63, 3.8) is 0 Å². The first kappa shape index (κ1) is 15.7. The van der Waals surface area contributed by atoms with E-state index in [0.29, 0.717) is 0 Å². The molecule has 0 atom stereocenters. The van der Waals surface area contributed by atoms with Crippen LogP contribution in [0.3, 0.4) is 0 Å². The fourth-order valence-corrected chi connectivity index (χ4v) is 5.44. The third kappa shape index (κ3) is 5.66. The summed E-state index contributed by atoms with van der Waals surface area (Å²) in [6.45, 7) is 22.0. The van der Waals surface area contributed by atoms with Crippen molar-refractivity contribution in [2.45, 2.75) is 52.1 Å². The van der Waals surface area contributed by atoms with Gasteiger partial charge in [-0.1, -0.05) is 37.3 Å². The van der Waals surface area contributed by atoms with Gasteiger partial charge in [0.15, 0.2) is 0 Å². The van der Waals surface area contributed by atoms with Crippen LogP contribution < -0.4 is 0 Å². The Morgan fingerprint density at radius 1 is 0.812 bits per heavy atom. The lowest BCUT2D eigenvalue weighted by Gasteiger charge is -2.23. The molecule has 0 aliphatic carbocycles. The standard InChI is InChI=1S/C14H28Si2/c1-9-15(5,6)11-13(3)14(4)12-16(7,8)10-2/h9-10H,1-2,11-12H2,3-8H3. The minimum atomic E-state index is -1.19. The van der Waals surface area contributed by atoms with Gasteiger partial charge in [-0.15, -0.1) is 24.6 Å². The van der Waals surface area contributed by atoms with Gasteiger partial charge in [0, 0.05) is 0 Å². The maximum atomic E-state index is 3.97. The highest BCUT2D eigenvalue weighted by Gasteiger charge is 2.20. The Morgan fingerprint density at radius 2 is 1.06 bits per heavy atom. The van der Waals surface area contributed by atoms with Crippen LogP contribution in [0.2, 0.25) is 38.3 Å². The van der Waals surface area contributed by atoms with E-state index in [1.54, 1.807) is 11.1 Å². The van der Waals surface area contributed by atoms with Gasteiger partial charge in [0.25, 0.3) is 0 Å². The smallest absolute Gasteiger partial charge is 0.0749 e. The first-order valence-corrected chi connectivity index (χ1v) is 12.6.